The zero-order valence-corrected chi connectivity index (χ0v) is 28.7. The van der Waals surface area contributed by atoms with E-state index in [4.69, 9.17) is 21.3 Å². The summed E-state index contributed by atoms with van der Waals surface area (Å²) < 4.78 is 48.0. The number of benzene rings is 1. The Kier molecular flexibility index (Phi) is 8.90. The number of methoxy groups -OCH3 is 1. The summed E-state index contributed by atoms with van der Waals surface area (Å²) in [5.41, 5.74) is -0.411. The number of fused-ring (bicyclic) bond motifs is 2. The first-order valence-corrected chi connectivity index (χ1v) is 16.9. The summed E-state index contributed by atoms with van der Waals surface area (Å²) in [6, 6.07) is 2.67. The van der Waals surface area contributed by atoms with Crippen LogP contribution in [0.3, 0.4) is 0 Å². The fraction of sp³-hybridized carbons (Fsp3) is 0.485. The lowest BCUT2D eigenvalue weighted by atomic mass is 10.1. The molecule has 51 heavy (non-hydrogen) atoms. The highest BCUT2D eigenvalue weighted by atomic mass is 35.5. The number of rotatable bonds is 8. The Morgan fingerprint density at radius 2 is 1.82 bits per heavy atom. The van der Waals surface area contributed by atoms with Crippen molar-refractivity contribution in [2.75, 3.05) is 43.5 Å². The lowest BCUT2D eigenvalue weighted by Crippen LogP contribution is -2.51. The second kappa shape index (κ2) is 13.1. The van der Waals surface area contributed by atoms with E-state index in [1.165, 1.54) is 15.7 Å². The number of amides is 2. The molecule has 7 rings (SSSR count). The van der Waals surface area contributed by atoms with E-state index in [1.807, 2.05) is 11.8 Å². The Hall–Kier alpha value is -4.77. The molecule has 2 saturated carbocycles. The molecular formula is C33H35ClF3N9O5. The van der Waals surface area contributed by atoms with Crippen LogP contribution in [0.5, 0.6) is 5.75 Å². The Morgan fingerprint density at radius 1 is 1.12 bits per heavy atom. The van der Waals surface area contributed by atoms with Crippen LogP contribution in [0.25, 0.3) is 5.78 Å². The average molecular weight is 730 g/mol. The van der Waals surface area contributed by atoms with Crippen LogP contribution in [0.15, 0.2) is 29.3 Å². The molecule has 4 heterocycles. The van der Waals surface area contributed by atoms with Gasteiger partial charge in [0.05, 0.1) is 33.8 Å². The molecule has 1 aromatic carbocycles. The summed E-state index contributed by atoms with van der Waals surface area (Å²) in [5, 5.41) is 17.4. The molecule has 270 valence electrons. The molecule has 3 aliphatic rings. The van der Waals surface area contributed by atoms with Crippen molar-refractivity contribution < 1.29 is 32.6 Å². The monoisotopic (exact) mass is 729 g/mol. The fourth-order valence-corrected chi connectivity index (χ4v) is 7.71. The molecular weight excluding hydrogens is 695 g/mol. The van der Waals surface area contributed by atoms with Crippen molar-refractivity contribution in [2.45, 2.75) is 57.9 Å². The average Bonchev–Trinajstić information content (AvgIpc) is 3.40. The molecule has 2 aliphatic carbocycles. The molecule has 2 amide bonds. The standard InChI is InChI=1S/C33H35ClF3N9O5/c1-4-23-27(43-7-9-44(10-8-43)30(49)26-28(48)16(2)38-15-39-26)31(50)46-32(41-29(42-46)25-19-12-18(51-3)13-20(19)25)45(23)14-24(47)40-22-6-5-17(11-21(22)34)33(35,36)37/h5-6,11,15,18-20,25,48H,4,7-10,12-14H2,1-3H3,(H,40,47). The number of nitrogens with one attached hydrogen (secondary N) is 1. The molecule has 18 heteroatoms. The topological polar surface area (TPSA) is 160 Å². The highest BCUT2D eigenvalue weighted by Crippen LogP contribution is 2.62. The van der Waals surface area contributed by atoms with Crippen molar-refractivity contribution in [3.05, 3.63) is 68.4 Å². The minimum absolute atomic E-state index is 0.00336. The molecule has 14 nitrogen and oxygen atoms in total. The summed E-state index contributed by atoms with van der Waals surface area (Å²) in [6.07, 6.45) is -1.19. The van der Waals surface area contributed by atoms with Crippen molar-refractivity contribution >= 4 is 40.6 Å². The fourth-order valence-electron chi connectivity index (χ4n) is 7.48. The van der Waals surface area contributed by atoms with E-state index < -0.39 is 29.1 Å². The molecule has 2 unspecified atom stereocenters. The first kappa shape index (κ1) is 34.7. The largest absolute Gasteiger partial charge is 0.504 e. The van der Waals surface area contributed by atoms with Gasteiger partial charge in [0.15, 0.2) is 17.3 Å². The van der Waals surface area contributed by atoms with Gasteiger partial charge in [0.25, 0.3) is 11.5 Å². The number of halogens is 4. The maximum atomic E-state index is 14.3. The lowest BCUT2D eigenvalue weighted by molar-refractivity contribution is -0.137. The Balaban J connectivity index is 1.21. The smallest absolute Gasteiger partial charge is 0.416 e. The molecule has 2 atom stereocenters. The van der Waals surface area contributed by atoms with Crippen LogP contribution in [0.4, 0.5) is 24.5 Å². The summed E-state index contributed by atoms with van der Waals surface area (Å²) >= 11 is 6.13. The number of piperazine rings is 1. The van der Waals surface area contributed by atoms with Crippen LogP contribution in [0, 0.1) is 18.8 Å². The third-order valence-corrected chi connectivity index (χ3v) is 10.5. The van der Waals surface area contributed by atoms with E-state index in [-0.39, 0.29) is 78.4 Å². The number of aromatic nitrogens is 6. The van der Waals surface area contributed by atoms with Gasteiger partial charge >= 0.3 is 6.18 Å². The predicted octanol–water partition coefficient (Wildman–Crippen LogP) is 3.67. The Labute approximate surface area is 294 Å². The number of alkyl halides is 3. The molecule has 3 fully saturated rings. The van der Waals surface area contributed by atoms with Crippen molar-refractivity contribution in [1.82, 2.24) is 34.0 Å². The third-order valence-electron chi connectivity index (χ3n) is 10.2. The molecule has 0 radical (unpaired) electrons. The van der Waals surface area contributed by atoms with Gasteiger partial charge < -0.3 is 29.5 Å². The van der Waals surface area contributed by atoms with Gasteiger partial charge in [-0.3, -0.25) is 14.4 Å². The van der Waals surface area contributed by atoms with Crippen LogP contribution in [-0.2, 0) is 28.7 Å². The van der Waals surface area contributed by atoms with Crippen LogP contribution >= 0.6 is 11.6 Å². The van der Waals surface area contributed by atoms with Crippen molar-refractivity contribution in [3.63, 3.8) is 0 Å². The molecule has 3 aromatic heterocycles. The molecule has 0 spiro atoms. The number of carbonyl (C=O) groups is 2. The van der Waals surface area contributed by atoms with Crippen LogP contribution in [-0.4, -0.2) is 90.3 Å². The van der Waals surface area contributed by atoms with Gasteiger partial charge in [-0.15, -0.1) is 5.10 Å². The van der Waals surface area contributed by atoms with Crippen molar-refractivity contribution in [3.8, 4) is 5.75 Å². The number of ether oxygens (including phenoxy) is 1. The second-order valence-corrected chi connectivity index (χ2v) is 13.5. The number of nitrogens with zero attached hydrogens (tertiary/aromatic N) is 8. The lowest BCUT2D eigenvalue weighted by Gasteiger charge is -2.36. The quantitative estimate of drug-likeness (QED) is 0.274. The number of anilines is 2. The second-order valence-electron chi connectivity index (χ2n) is 13.1. The first-order chi connectivity index (χ1) is 24.3. The Morgan fingerprint density at radius 3 is 2.45 bits per heavy atom. The zero-order valence-electron chi connectivity index (χ0n) is 27.9. The van der Waals surface area contributed by atoms with Crippen molar-refractivity contribution in [2.24, 2.45) is 11.8 Å². The van der Waals surface area contributed by atoms with E-state index in [2.05, 4.69) is 20.4 Å². The van der Waals surface area contributed by atoms with Gasteiger partial charge in [-0.1, -0.05) is 18.5 Å². The maximum absolute atomic E-state index is 14.3. The minimum Gasteiger partial charge on any atom is -0.504 e. The molecule has 1 aliphatic heterocycles. The molecule has 4 aromatic rings. The van der Waals surface area contributed by atoms with E-state index in [9.17, 15) is 32.7 Å². The highest BCUT2D eigenvalue weighted by Gasteiger charge is 2.58. The minimum atomic E-state index is -4.61. The van der Waals surface area contributed by atoms with Gasteiger partial charge in [0.1, 0.15) is 18.6 Å². The van der Waals surface area contributed by atoms with Crippen LogP contribution in [0.2, 0.25) is 5.02 Å². The number of carbonyl (C=O) groups excluding carboxylic acids is 2. The third kappa shape index (κ3) is 6.26. The van der Waals surface area contributed by atoms with Crippen molar-refractivity contribution in [1.29, 1.82) is 0 Å². The van der Waals surface area contributed by atoms with Crippen LogP contribution in [0.1, 0.15) is 58.9 Å². The van der Waals surface area contributed by atoms with Gasteiger partial charge in [-0.2, -0.15) is 22.7 Å². The number of aromatic hydroxyl groups is 1. The maximum Gasteiger partial charge on any atom is 0.416 e. The number of hydrogen-bond acceptors (Lipinski definition) is 10. The SMILES string of the molecule is CCc1c(N2CCN(C(=O)c3ncnc(C)c3O)CC2)c(=O)n2nc(C3C4CC(OC)CC43)nc2n1CC(=O)Nc1ccc(C(F)(F)F)cc1Cl. The number of hydrogen-bond donors (Lipinski definition) is 2. The molecule has 2 N–H and O–H groups in total. The van der Waals surface area contributed by atoms with Crippen LogP contribution < -0.4 is 15.8 Å². The summed E-state index contributed by atoms with van der Waals surface area (Å²) in [5.74, 6) is 0.0214. The Bertz CT molecular complexity index is 2080. The number of aryl methyl sites for hydroxylation is 1. The highest BCUT2D eigenvalue weighted by molar-refractivity contribution is 6.33. The van der Waals surface area contributed by atoms with Gasteiger partial charge in [0.2, 0.25) is 11.7 Å². The normalized spacial score (nSPS) is 21.6. The van der Waals surface area contributed by atoms with E-state index in [0.29, 0.717) is 35.5 Å². The van der Waals surface area contributed by atoms with Gasteiger partial charge in [-0.25, -0.2) is 9.97 Å². The van der Waals surface area contributed by atoms with E-state index in [0.717, 1.165) is 31.0 Å². The summed E-state index contributed by atoms with van der Waals surface area (Å²) in [7, 11) is 1.69. The van der Waals surface area contributed by atoms with Gasteiger partial charge in [-0.05, 0) is 56.2 Å². The molecule has 0 bridgehead atoms. The first-order valence-electron chi connectivity index (χ1n) is 16.6. The summed E-state index contributed by atoms with van der Waals surface area (Å²) in [4.78, 5) is 57.1. The van der Waals surface area contributed by atoms with E-state index >= 15 is 0 Å². The predicted molar refractivity (Wildman–Crippen MR) is 178 cm³/mol. The van der Waals surface area contributed by atoms with Gasteiger partial charge in [0, 0.05) is 39.2 Å². The zero-order chi connectivity index (χ0) is 36.4. The molecule has 1 saturated heterocycles. The summed E-state index contributed by atoms with van der Waals surface area (Å²) in [6.45, 7) is 3.99. The van der Waals surface area contributed by atoms with E-state index in [1.54, 1.807) is 18.6 Å².